The standard InChI is InChI=1S/C17H28IN3O3Si/c1-12-10-20(14-7-8-19-9-15(14)21(22)23)11-13(18)16(12)24-25(5,6)17(2,3)4/h7-9,12-13,16H,10-11H2,1-6H3/t12-,13+,16+/m0/s1. The molecule has 2 heterocycles. The lowest BCUT2D eigenvalue weighted by molar-refractivity contribution is -0.384. The molecule has 2 rings (SSSR count). The average molecular weight is 477 g/mol. The maximum absolute atomic E-state index is 11.3. The van der Waals surface area contributed by atoms with Crippen molar-refractivity contribution in [3.63, 3.8) is 0 Å². The molecule has 0 unspecified atom stereocenters. The third-order valence-corrected chi connectivity index (χ3v) is 10.9. The molecule has 0 radical (unpaired) electrons. The van der Waals surface area contributed by atoms with Gasteiger partial charge in [0, 0.05) is 19.3 Å². The van der Waals surface area contributed by atoms with Crippen molar-refractivity contribution >= 4 is 42.3 Å². The van der Waals surface area contributed by atoms with Crippen LogP contribution in [-0.4, -0.2) is 41.3 Å². The Labute approximate surface area is 164 Å². The Kier molecular flexibility index (Phi) is 6.15. The van der Waals surface area contributed by atoms with Crippen molar-refractivity contribution in [1.29, 1.82) is 0 Å². The molecule has 1 saturated heterocycles. The second-order valence-electron chi connectivity index (χ2n) is 8.36. The van der Waals surface area contributed by atoms with Gasteiger partial charge in [0.25, 0.3) is 0 Å². The van der Waals surface area contributed by atoms with Crippen LogP contribution in [0.25, 0.3) is 0 Å². The molecule has 1 aliphatic rings. The van der Waals surface area contributed by atoms with E-state index in [1.54, 1.807) is 12.3 Å². The van der Waals surface area contributed by atoms with E-state index in [1.165, 1.54) is 6.20 Å². The minimum absolute atomic E-state index is 0.0714. The van der Waals surface area contributed by atoms with Crippen molar-refractivity contribution in [3.8, 4) is 0 Å². The lowest BCUT2D eigenvalue weighted by atomic mass is 9.96. The number of hydrogen-bond donors (Lipinski definition) is 0. The van der Waals surface area contributed by atoms with Gasteiger partial charge in [0.2, 0.25) is 0 Å². The molecule has 0 aliphatic carbocycles. The van der Waals surface area contributed by atoms with Crippen molar-refractivity contribution < 1.29 is 9.35 Å². The Morgan fingerprint density at radius 2 is 2.04 bits per heavy atom. The Morgan fingerprint density at radius 3 is 2.56 bits per heavy atom. The maximum atomic E-state index is 11.3. The Hall–Kier alpha value is -0.743. The molecule has 1 aromatic rings. The number of nitro groups is 1. The highest BCUT2D eigenvalue weighted by atomic mass is 127. The number of pyridine rings is 1. The molecule has 0 N–H and O–H groups in total. The first kappa shape index (κ1) is 20.6. The Bertz CT molecular complexity index is 624. The summed E-state index contributed by atoms with van der Waals surface area (Å²) >= 11 is 2.44. The summed E-state index contributed by atoms with van der Waals surface area (Å²) in [7, 11) is -1.85. The number of nitrogens with zero attached hydrogens (tertiary/aromatic N) is 3. The first-order valence-corrected chi connectivity index (χ1v) is 12.7. The second kappa shape index (κ2) is 7.48. The van der Waals surface area contributed by atoms with E-state index in [9.17, 15) is 10.1 Å². The zero-order valence-electron chi connectivity index (χ0n) is 15.8. The fourth-order valence-electron chi connectivity index (χ4n) is 2.89. The summed E-state index contributed by atoms with van der Waals surface area (Å²) in [6.07, 6.45) is 3.13. The zero-order chi connectivity index (χ0) is 19.0. The predicted molar refractivity (Wildman–Crippen MR) is 112 cm³/mol. The number of hydrogen-bond acceptors (Lipinski definition) is 5. The molecular formula is C17H28IN3O3Si. The lowest BCUT2D eigenvalue weighted by Gasteiger charge is -2.47. The van der Waals surface area contributed by atoms with E-state index in [0.717, 1.165) is 13.1 Å². The van der Waals surface area contributed by atoms with Gasteiger partial charge in [-0.3, -0.25) is 15.1 Å². The lowest BCUT2D eigenvalue weighted by Crippen LogP contribution is -2.55. The molecular weight excluding hydrogens is 449 g/mol. The number of aromatic nitrogens is 1. The van der Waals surface area contributed by atoms with E-state index in [0.29, 0.717) is 11.6 Å². The third-order valence-electron chi connectivity index (χ3n) is 5.37. The van der Waals surface area contributed by atoms with Crippen molar-refractivity contribution in [1.82, 2.24) is 4.98 Å². The molecule has 140 valence electrons. The van der Waals surface area contributed by atoms with Crippen molar-refractivity contribution in [2.24, 2.45) is 5.92 Å². The SMILES string of the molecule is C[C@H]1CN(c2ccncc2[N+](=O)[O-])C[C@@H](I)[C@@H]1O[Si](C)(C)C(C)(C)C. The van der Waals surface area contributed by atoms with Crippen LogP contribution in [0.15, 0.2) is 18.5 Å². The number of piperidine rings is 1. The van der Waals surface area contributed by atoms with Crippen molar-refractivity contribution in [2.75, 3.05) is 18.0 Å². The molecule has 25 heavy (non-hydrogen) atoms. The van der Waals surface area contributed by atoms with Crippen LogP contribution in [-0.2, 0) is 4.43 Å². The summed E-state index contributed by atoms with van der Waals surface area (Å²) in [6.45, 7) is 15.0. The van der Waals surface area contributed by atoms with Crippen molar-refractivity contribution in [2.45, 2.75) is 55.9 Å². The Morgan fingerprint density at radius 1 is 1.40 bits per heavy atom. The van der Waals surface area contributed by atoms with Gasteiger partial charge in [0.1, 0.15) is 11.9 Å². The highest BCUT2D eigenvalue weighted by Crippen LogP contribution is 2.41. The largest absolute Gasteiger partial charge is 0.412 e. The predicted octanol–water partition coefficient (Wildman–Crippen LogP) is 4.64. The highest BCUT2D eigenvalue weighted by Gasteiger charge is 2.44. The van der Waals surface area contributed by atoms with E-state index < -0.39 is 8.32 Å². The van der Waals surface area contributed by atoms with E-state index in [-0.39, 0.29) is 25.7 Å². The quantitative estimate of drug-likeness (QED) is 0.208. The fraction of sp³-hybridized carbons (Fsp3) is 0.706. The van der Waals surface area contributed by atoms with Gasteiger partial charge in [0.05, 0.1) is 15.0 Å². The third kappa shape index (κ3) is 4.51. The first-order valence-electron chi connectivity index (χ1n) is 8.59. The van der Waals surface area contributed by atoms with Gasteiger partial charge < -0.3 is 9.33 Å². The van der Waals surface area contributed by atoms with Crippen LogP contribution >= 0.6 is 22.6 Å². The minimum Gasteiger partial charge on any atom is -0.412 e. The monoisotopic (exact) mass is 477 g/mol. The summed E-state index contributed by atoms with van der Waals surface area (Å²) in [4.78, 5) is 17.0. The van der Waals surface area contributed by atoms with Gasteiger partial charge >= 0.3 is 5.69 Å². The van der Waals surface area contributed by atoms with E-state index in [2.05, 4.69) is 73.3 Å². The van der Waals surface area contributed by atoms with Crippen LogP contribution < -0.4 is 4.90 Å². The van der Waals surface area contributed by atoms with Gasteiger partial charge in [-0.1, -0.05) is 50.3 Å². The molecule has 3 atom stereocenters. The van der Waals surface area contributed by atoms with Crippen LogP contribution in [0.3, 0.4) is 0 Å². The summed E-state index contributed by atoms with van der Waals surface area (Å²) < 4.78 is 6.97. The molecule has 0 bridgehead atoms. The zero-order valence-corrected chi connectivity index (χ0v) is 19.0. The molecule has 8 heteroatoms. The van der Waals surface area contributed by atoms with Crippen molar-refractivity contribution in [3.05, 3.63) is 28.6 Å². The molecule has 0 spiro atoms. The van der Waals surface area contributed by atoms with E-state index in [4.69, 9.17) is 4.43 Å². The Balaban J connectivity index is 2.19. The minimum atomic E-state index is -1.85. The summed E-state index contributed by atoms with van der Waals surface area (Å²) in [5.74, 6) is 0.303. The maximum Gasteiger partial charge on any atom is 0.310 e. The first-order chi connectivity index (χ1) is 11.4. The van der Waals surface area contributed by atoms with Gasteiger partial charge in [-0.25, -0.2) is 0 Å². The molecule has 0 aromatic carbocycles. The number of halogens is 1. The average Bonchev–Trinajstić information content (AvgIpc) is 2.49. The molecule has 1 fully saturated rings. The second-order valence-corrected chi connectivity index (χ2v) is 14.7. The number of alkyl halides is 1. The smallest absolute Gasteiger partial charge is 0.310 e. The van der Waals surface area contributed by atoms with Crippen LogP contribution in [0.2, 0.25) is 18.1 Å². The summed E-state index contributed by atoms with van der Waals surface area (Å²) in [5, 5.41) is 11.5. The van der Waals surface area contributed by atoms with Gasteiger partial charge in [-0.15, -0.1) is 0 Å². The van der Waals surface area contributed by atoms with Crippen LogP contribution in [0, 0.1) is 16.0 Å². The van der Waals surface area contributed by atoms with Crippen LogP contribution in [0.1, 0.15) is 27.7 Å². The van der Waals surface area contributed by atoms with Gasteiger partial charge in [0.15, 0.2) is 8.32 Å². The van der Waals surface area contributed by atoms with E-state index >= 15 is 0 Å². The molecule has 1 aromatic heterocycles. The molecule has 0 amide bonds. The van der Waals surface area contributed by atoms with Crippen LogP contribution in [0.5, 0.6) is 0 Å². The molecule has 1 aliphatic heterocycles. The molecule has 6 nitrogen and oxygen atoms in total. The molecule has 0 saturated carbocycles. The van der Waals surface area contributed by atoms with Gasteiger partial charge in [-0.2, -0.15) is 0 Å². The fourth-order valence-corrected chi connectivity index (χ4v) is 5.93. The highest BCUT2D eigenvalue weighted by molar-refractivity contribution is 14.1. The summed E-state index contributed by atoms with van der Waals surface area (Å²) in [5.41, 5.74) is 0.723. The van der Waals surface area contributed by atoms with Crippen LogP contribution in [0.4, 0.5) is 11.4 Å². The van der Waals surface area contributed by atoms with E-state index in [1.807, 2.05) is 0 Å². The normalized spacial score (nSPS) is 25.1. The topological polar surface area (TPSA) is 68.5 Å². The number of anilines is 1. The van der Waals surface area contributed by atoms with Gasteiger partial charge in [-0.05, 0) is 30.1 Å². The summed E-state index contributed by atoms with van der Waals surface area (Å²) in [6, 6.07) is 1.74. The number of rotatable bonds is 4.